The van der Waals surface area contributed by atoms with Crippen LogP contribution in [0.2, 0.25) is 0 Å². The number of aryl methyl sites for hydroxylation is 1. The maximum absolute atomic E-state index is 5.51. The minimum Gasteiger partial charge on any atom is -0.496 e. The molecule has 0 aliphatic carbocycles. The molecule has 21 heavy (non-hydrogen) atoms. The van der Waals surface area contributed by atoms with Gasteiger partial charge in [-0.3, -0.25) is 0 Å². The van der Waals surface area contributed by atoms with Crippen LogP contribution in [0, 0.1) is 0 Å². The average molecular weight is 283 g/mol. The van der Waals surface area contributed by atoms with E-state index in [2.05, 4.69) is 55.6 Å². The number of para-hydroxylation sites is 1. The maximum Gasteiger partial charge on any atom is 0.123 e. The number of nitrogens with one attached hydrogen (secondary N) is 1. The van der Waals surface area contributed by atoms with Gasteiger partial charge < -0.3 is 10.1 Å². The van der Waals surface area contributed by atoms with Crippen LogP contribution in [0.5, 0.6) is 5.75 Å². The van der Waals surface area contributed by atoms with Gasteiger partial charge in [0, 0.05) is 11.6 Å². The lowest BCUT2D eigenvalue weighted by Crippen LogP contribution is -2.23. The van der Waals surface area contributed by atoms with Gasteiger partial charge >= 0.3 is 0 Å². The Bertz CT molecular complexity index is 548. The molecule has 0 aliphatic rings. The van der Waals surface area contributed by atoms with E-state index in [9.17, 15) is 0 Å². The zero-order chi connectivity index (χ0) is 15.1. The largest absolute Gasteiger partial charge is 0.496 e. The molecule has 2 aromatic carbocycles. The van der Waals surface area contributed by atoms with Gasteiger partial charge in [-0.05, 0) is 36.6 Å². The van der Waals surface area contributed by atoms with Gasteiger partial charge in [0.25, 0.3) is 0 Å². The Hall–Kier alpha value is -1.80. The molecule has 0 aliphatic heterocycles. The predicted octanol–water partition coefficient (Wildman–Crippen LogP) is 4.15. The molecule has 2 heteroatoms. The van der Waals surface area contributed by atoms with Crippen LogP contribution in [0.25, 0.3) is 0 Å². The van der Waals surface area contributed by atoms with Crippen LogP contribution >= 0.6 is 0 Å². The number of likely N-dealkylation sites (N-methyl/N-ethyl adjacent to an activating group) is 1. The Labute approximate surface area is 128 Å². The highest BCUT2D eigenvalue weighted by atomic mass is 16.5. The third-order valence-corrected chi connectivity index (χ3v) is 3.84. The average Bonchev–Trinajstić information content (AvgIpc) is 2.55. The summed E-state index contributed by atoms with van der Waals surface area (Å²) < 4.78 is 5.51. The van der Waals surface area contributed by atoms with Gasteiger partial charge in [0.1, 0.15) is 5.75 Å². The smallest absolute Gasteiger partial charge is 0.123 e. The molecule has 1 N–H and O–H groups in total. The lowest BCUT2D eigenvalue weighted by molar-refractivity contribution is 0.399. The molecule has 2 rings (SSSR count). The molecule has 0 fully saturated rings. The quantitative estimate of drug-likeness (QED) is 0.824. The van der Waals surface area contributed by atoms with Crippen LogP contribution in [0.4, 0.5) is 0 Å². The van der Waals surface area contributed by atoms with Gasteiger partial charge in [0.05, 0.1) is 7.11 Å². The van der Waals surface area contributed by atoms with E-state index < -0.39 is 0 Å². The fourth-order valence-corrected chi connectivity index (χ4v) is 2.64. The normalized spacial score (nSPS) is 12.1. The van der Waals surface area contributed by atoms with Gasteiger partial charge in [-0.2, -0.15) is 0 Å². The van der Waals surface area contributed by atoms with Crippen LogP contribution in [-0.2, 0) is 12.8 Å². The molecule has 0 saturated carbocycles. The highest BCUT2D eigenvalue weighted by Gasteiger charge is 2.15. The Kier molecular flexibility index (Phi) is 5.82. The van der Waals surface area contributed by atoms with Crippen molar-refractivity contribution in [3.8, 4) is 5.75 Å². The van der Waals surface area contributed by atoms with Crippen molar-refractivity contribution in [1.29, 1.82) is 0 Å². The van der Waals surface area contributed by atoms with E-state index in [1.54, 1.807) is 7.11 Å². The Morgan fingerprint density at radius 1 is 0.952 bits per heavy atom. The Balaban J connectivity index is 2.21. The topological polar surface area (TPSA) is 21.3 Å². The first kappa shape index (κ1) is 15.6. The van der Waals surface area contributed by atoms with E-state index in [0.29, 0.717) is 0 Å². The van der Waals surface area contributed by atoms with Gasteiger partial charge in [-0.25, -0.2) is 0 Å². The summed E-state index contributed by atoms with van der Waals surface area (Å²) in [4.78, 5) is 0. The number of hydrogen-bond acceptors (Lipinski definition) is 2. The summed E-state index contributed by atoms with van der Waals surface area (Å²) in [6.07, 6.45) is 2.06. The molecule has 1 atom stereocenters. The molecule has 0 spiro atoms. The molecule has 2 aromatic rings. The molecule has 0 radical (unpaired) electrons. The monoisotopic (exact) mass is 283 g/mol. The summed E-state index contributed by atoms with van der Waals surface area (Å²) >= 11 is 0. The first-order chi connectivity index (χ1) is 10.3. The minimum atomic E-state index is 0.277. The molecule has 0 aromatic heterocycles. The van der Waals surface area contributed by atoms with Gasteiger partial charge in [-0.1, -0.05) is 56.3 Å². The van der Waals surface area contributed by atoms with Crippen LogP contribution in [0.1, 0.15) is 36.6 Å². The lowest BCUT2D eigenvalue weighted by Gasteiger charge is -2.21. The third-order valence-electron chi connectivity index (χ3n) is 3.84. The van der Waals surface area contributed by atoms with Crippen LogP contribution in [0.3, 0.4) is 0 Å². The van der Waals surface area contributed by atoms with Crippen LogP contribution < -0.4 is 10.1 Å². The fraction of sp³-hybridized carbons (Fsp3) is 0.368. The molecular formula is C19H25NO. The SMILES string of the molecule is CCNC(Cc1ccc(CC)cc1)c1ccccc1OC. The van der Waals surface area contributed by atoms with E-state index in [-0.39, 0.29) is 6.04 Å². The van der Waals surface area contributed by atoms with Crippen LogP contribution in [-0.4, -0.2) is 13.7 Å². The molecule has 0 heterocycles. The van der Waals surface area contributed by atoms with Gasteiger partial charge in [0.15, 0.2) is 0 Å². The number of benzene rings is 2. The standard InChI is InChI=1S/C19H25NO/c1-4-15-10-12-16(13-11-15)14-18(20-5-2)17-8-6-7-9-19(17)21-3/h6-13,18,20H,4-5,14H2,1-3H3. The summed E-state index contributed by atoms with van der Waals surface area (Å²) in [5.74, 6) is 0.952. The second-order valence-electron chi connectivity index (χ2n) is 5.23. The number of ether oxygens (including phenoxy) is 1. The molecular weight excluding hydrogens is 258 g/mol. The van der Waals surface area contributed by atoms with E-state index in [1.807, 2.05) is 12.1 Å². The van der Waals surface area contributed by atoms with Crippen molar-refractivity contribution in [3.05, 3.63) is 65.2 Å². The maximum atomic E-state index is 5.51. The van der Waals surface area contributed by atoms with E-state index >= 15 is 0 Å². The zero-order valence-corrected chi connectivity index (χ0v) is 13.2. The lowest BCUT2D eigenvalue weighted by atomic mass is 9.97. The van der Waals surface area contributed by atoms with Crippen molar-refractivity contribution in [2.75, 3.05) is 13.7 Å². The summed E-state index contributed by atoms with van der Waals surface area (Å²) in [5, 5.41) is 3.57. The van der Waals surface area contributed by atoms with Gasteiger partial charge in [0.2, 0.25) is 0 Å². The summed E-state index contributed by atoms with van der Waals surface area (Å²) in [5.41, 5.74) is 3.96. The van der Waals surface area contributed by atoms with E-state index in [0.717, 1.165) is 25.1 Å². The van der Waals surface area contributed by atoms with E-state index in [4.69, 9.17) is 4.74 Å². The third kappa shape index (κ3) is 4.08. The second kappa shape index (κ2) is 7.84. The van der Waals surface area contributed by atoms with Crippen molar-refractivity contribution in [2.45, 2.75) is 32.7 Å². The van der Waals surface area contributed by atoms with Crippen molar-refractivity contribution >= 4 is 0 Å². The Morgan fingerprint density at radius 3 is 2.24 bits per heavy atom. The summed E-state index contributed by atoms with van der Waals surface area (Å²) in [6.45, 7) is 5.27. The van der Waals surface area contributed by atoms with Crippen molar-refractivity contribution in [3.63, 3.8) is 0 Å². The van der Waals surface area contributed by atoms with Crippen molar-refractivity contribution in [1.82, 2.24) is 5.32 Å². The molecule has 0 bridgehead atoms. The Morgan fingerprint density at radius 2 is 1.62 bits per heavy atom. The summed E-state index contributed by atoms with van der Waals surface area (Å²) in [7, 11) is 1.73. The molecule has 112 valence electrons. The molecule has 0 amide bonds. The van der Waals surface area contributed by atoms with E-state index in [1.165, 1.54) is 16.7 Å². The second-order valence-corrected chi connectivity index (χ2v) is 5.23. The number of rotatable bonds is 7. The first-order valence-electron chi connectivity index (χ1n) is 7.72. The molecule has 1 unspecified atom stereocenters. The number of hydrogen-bond donors (Lipinski definition) is 1. The van der Waals surface area contributed by atoms with Crippen molar-refractivity contribution < 1.29 is 4.74 Å². The highest BCUT2D eigenvalue weighted by Crippen LogP contribution is 2.27. The molecule has 0 saturated heterocycles. The highest BCUT2D eigenvalue weighted by molar-refractivity contribution is 5.37. The minimum absolute atomic E-state index is 0.277. The van der Waals surface area contributed by atoms with Crippen LogP contribution in [0.15, 0.2) is 48.5 Å². The molecule has 2 nitrogen and oxygen atoms in total. The fourth-order valence-electron chi connectivity index (χ4n) is 2.64. The van der Waals surface area contributed by atoms with Gasteiger partial charge in [-0.15, -0.1) is 0 Å². The summed E-state index contributed by atoms with van der Waals surface area (Å²) in [6, 6.07) is 17.5. The van der Waals surface area contributed by atoms with Crippen molar-refractivity contribution in [2.24, 2.45) is 0 Å². The predicted molar refractivity (Wildman–Crippen MR) is 88.9 cm³/mol. The first-order valence-corrected chi connectivity index (χ1v) is 7.72. The number of methoxy groups -OCH3 is 1. The zero-order valence-electron chi connectivity index (χ0n) is 13.2.